The van der Waals surface area contributed by atoms with Crippen molar-refractivity contribution in [2.45, 2.75) is 44.2 Å². The number of nitrogens with zero attached hydrogens (tertiary/aromatic N) is 1. The van der Waals surface area contributed by atoms with Crippen LogP contribution in [0.3, 0.4) is 0 Å². The molecular weight excluding hydrogens is 402 g/mol. The smallest absolute Gasteiger partial charge is 0.318 e. The summed E-state index contributed by atoms with van der Waals surface area (Å²) in [5.41, 5.74) is -0.156. The van der Waals surface area contributed by atoms with Gasteiger partial charge in [-0.1, -0.05) is 17.7 Å². The highest BCUT2D eigenvalue weighted by atomic mass is 35.5. The van der Waals surface area contributed by atoms with E-state index in [-0.39, 0.29) is 37.4 Å². The van der Waals surface area contributed by atoms with E-state index >= 15 is 0 Å². The molecule has 2 N–H and O–H groups in total. The SMILES string of the molecule is C[C@@H]1C(=O)NCCN1C(=O)NC(c1ccc(F)c(Cl)c1F)[C@H]1CCC(F)(F)C1. The third-order valence-electron chi connectivity index (χ3n) is 5.35. The number of carbonyl (C=O) groups excluding carboxylic acids is 2. The second kappa shape index (κ2) is 7.77. The Morgan fingerprint density at radius 1 is 1.39 bits per heavy atom. The summed E-state index contributed by atoms with van der Waals surface area (Å²) >= 11 is 5.64. The fraction of sp³-hybridized carbons (Fsp3) is 0.556. The molecule has 0 spiro atoms. The average Bonchev–Trinajstić information content (AvgIpc) is 3.00. The van der Waals surface area contributed by atoms with Gasteiger partial charge in [-0.3, -0.25) is 4.79 Å². The van der Waals surface area contributed by atoms with Crippen LogP contribution in [-0.4, -0.2) is 41.9 Å². The van der Waals surface area contributed by atoms with Gasteiger partial charge in [0.05, 0.1) is 6.04 Å². The minimum absolute atomic E-state index is 0.0580. The van der Waals surface area contributed by atoms with E-state index in [1.165, 1.54) is 11.8 Å². The topological polar surface area (TPSA) is 61.4 Å². The molecule has 0 bridgehead atoms. The zero-order chi connectivity index (χ0) is 20.6. The summed E-state index contributed by atoms with van der Waals surface area (Å²) in [6.45, 7) is 2.00. The predicted octanol–water partition coefficient (Wildman–Crippen LogP) is 3.62. The van der Waals surface area contributed by atoms with Gasteiger partial charge < -0.3 is 15.5 Å². The fourth-order valence-electron chi connectivity index (χ4n) is 3.78. The Morgan fingerprint density at radius 3 is 2.75 bits per heavy atom. The average molecular weight is 422 g/mol. The first-order chi connectivity index (χ1) is 13.1. The van der Waals surface area contributed by atoms with Crippen molar-refractivity contribution < 1.29 is 27.2 Å². The minimum Gasteiger partial charge on any atom is -0.353 e. The maximum atomic E-state index is 14.6. The number of amides is 3. The molecule has 1 saturated carbocycles. The number of urea groups is 1. The zero-order valence-corrected chi connectivity index (χ0v) is 15.8. The van der Waals surface area contributed by atoms with Crippen molar-refractivity contribution in [1.29, 1.82) is 0 Å². The van der Waals surface area contributed by atoms with Crippen molar-refractivity contribution in [2.24, 2.45) is 5.92 Å². The first-order valence-corrected chi connectivity index (χ1v) is 9.34. The molecule has 0 radical (unpaired) electrons. The number of carbonyl (C=O) groups is 2. The van der Waals surface area contributed by atoms with Crippen molar-refractivity contribution in [3.8, 4) is 0 Å². The van der Waals surface area contributed by atoms with E-state index < -0.39 is 53.0 Å². The van der Waals surface area contributed by atoms with E-state index in [9.17, 15) is 27.2 Å². The number of alkyl halides is 2. The maximum absolute atomic E-state index is 14.6. The van der Waals surface area contributed by atoms with Crippen LogP contribution in [0.5, 0.6) is 0 Å². The molecule has 3 amide bonds. The summed E-state index contributed by atoms with van der Waals surface area (Å²) < 4.78 is 55.7. The third kappa shape index (κ3) is 4.04. The van der Waals surface area contributed by atoms with Gasteiger partial charge in [0.1, 0.15) is 22.7 Å². The Hall–Kier alpha value is -2.03. The van der Waals surface area contributed by atoms with Gasteiger partial charge in [0.15, 0.2) is 0 Å². The van der Waals surface area contributed by atoms with Crippen LogP contribution < -0.4 is 10.6 Å². The summed E-state index contributed by atoms with van der Waals surface area (Å²) in [5, 5.41) is 4.43. The zero-order valence-electron chi connectivity index (χ0n) is 15.1. The number of nitrogens with one attached hydrogen (secondary N) is 2. The number of hydrogen-bond acceptors (Lipinski definition) is 2. The summed E-state index contributed by atoms with van der Waals surface area (Å²) in [6.07, 6.45) is -0.867. The van der Waals surface area contributed by atoms with Crippen molar-refractivity contribution in [3.63, 3.8) is 0 Å². The molecule has 1 aromatic rings. The lowest BCUT2D eigenvalue weighted by atomic mass is 9.91. The van der Waals surface area contributed by atoms with Crippen molar-refractivity contribution in [3.05, 3.63) is 34.4 Å². The van der Waals surface area contributed by atoms with Crippen LogP contribution in [0.25, 0.3) is 0 Å². The number of benzene rings is 1. The molecule has 1 unspecified atom stereocenters. The molecule has 154 valence electrons. The van der Waals surface area contributed by atoms with Crippen LogP contribution in [0.15, 0.2) is 12.1 Å². The Kier molecular flexibility index (Phi) is 5.74. The van der Waals surface area contributed by atoms with E-state index in [1.807, 2.05) is 0 Å². The van der Waals surface area contributed by atoms with E-state index in [1.54, 1.807) is 0 Å². The van der Waals surface area contributed by atoms with Gasteiger partial charge in [-0.25, -0.2) is 22.4 Å². The highest BCUT2D eigenvalue weighted by Crippen LogP contribution is 2.45. The Morgan fingerprint density at radius 2 is 2.11 bits per heavy atom. The normalized spacial score (nSPS) is 25.4. The summed E-state index contributed by atoms with van der Waals surface area (Å²) in [5.74, 6) is -6.10. The van der Waals surface area contributed by atoms with Crippen LogP contribution in [-0.2, 0) is 4.79 Å². The molecule has 28 heavy (non-hydrogen) atoms. The van der Waals surface area contributed by atoms with E-state index in [2.05, 4.69) is 10.6 Å². The molecule has 0 aromatic heterocycles. The fourth-order valence-corrected chi connectivity index (χ4v) is 3.95. The first kappa shape index (κ1) is 20.7. The van der Waals surface area contributed by atoms with Crippen LogP contribution in [0.4, 0.5) is 22.4 Å². The van der Waals surface area contributed by atoms with Crippen LogP contribution in [0, 0.1) is 17.6 Å². The van der Waals surface area contributed by atoms with Gasteiger partial charge in [0.25, 0.3) is 0 Å². The maximum Gasteiger partial charge on any atom is 0.318 e. The lowest BCUT2D eigenvalue weighted by Gasteiger charge is -2.35. The predicted molar refractivity (Wildman–Crippen MR) is 94.1 cm³/mol. The molecule has 1 aliphatic carbocycles. The van der Waals surface area contributed by atoms with Crippen LogP contribution in [0.1, 0.15) is 37.8 Å². The standard InChI is InChI=1S/C18H20ClF4N3O2/c1-9-16(27)24-6-7-26(9)17(28)25-15(10-4-5-18(22,23)8-10)11-2-3-12(20)13(19)14(11)21/h2-3,9-10,15H,4-8H2,1H3,(H,24,27)(H,25,28)/t9-,10+,15?/m1/s1. The molecule has 1 heterocycles. The van der Waals surface area contributed by atoms with E-state index in [0.29, 0.717) is 0 Å². The van der Waals surface area contributed by atoms with Gasteiger partial charge in [0, 0.05) is 31.5 Å². The van der Waals surface area contributed by atoms with Gasteiger partial charge in [-0.15, -0.1) is 0 Å². The molecular formula is C18H20ClF4N3O2. The van der Waals surface area contributed by atoms with Crippen molar-refractivity contribution in [2.75, 3.05) is 13.1 Å². The minimum atomic E-state index is -2.92. The number of halogens is 5. The second-order valence-corrected chi connectivity index (χ2v) is 7.59. The molecule has 3 rings (SSSR count). The molecule has 1 saturated heterocycles. The Bertz CT molecular complexity index is 792. The van der Waals surface area contributed by atoms with Crippen molar-refractivity contribution >= 4 is 23.5 Å². The molecule has 1 aliphatic heterocycles. The molecule has 2 fully saturated rings. The lowest BCUT2D eigenvalue weighted by Crippen LogP contribution is -2.58. The Balaban J connectivity index is 1.90. The third-order valence-corrected chi connectivity index (χ3v) is 5.70. The molecule has 3 atom stereocenters. The summed E-state index contributed by atoms with van der Waals surface area (Å²) in [4.78, 5) is 25.8. The highest BCUT2D eigenvalue weighted by molar-refractivity contribution is 6.31. The van der Waals surface area contributed by atoms with Crippen molar-refractivity contribution in [1.82, 2.24) is 15.5 Å². The van der Waals surface area contributed by atoms with E-state index in [4.69, 9.17) is 11.6 Å². The summed E-state index contributed by atoms with van der Waals surface area (Å²) in [6, 6.07) is -0.534. The summed E-state index contributed by atoms with van der Waals surface area (Å²) in [7, 11) is 0. The quantitative estimate of drug-likeness (QED) is 0.578. The van der Waals surface area contributed by atoms with Gasteiger partial charge in [-0.2, -0.15) is 0 Å². The number of piperazine rings is 1. The van der Waals surface area contributed by atoms with E-state index in [0.717, 1.165) is 12.1 Å². The van der Waals surface area contributed by atoms with Gasteiger partial charge in [-0.05, 0) is 25.3 Å². The highest BCUT2D eigenvalue weighted by Gasteiger charge is 2.44. The van der Waals surface area contributed by atoms with Crippen LogP contribution >= 0.6 is 11.6 Å². The first-order valence-electron chi connectivity index (χ1n) is 8.97. The molecule has 5 nitrogen and oxygen atoms in total. The lowest BCUT2D eigenvalue weighted by molar-refractivity contribution is -0.126. The monoisotopic (exact) mass is 421 g/mol. The van der Waals surface area contributed by atoms with Crippen LogP contribution in [0.2, 0.25) is 5.02 Å². The molecule has 1 aromatic carbocycles. The van der Waals surface area contributed by atoms with Gasteiger partial charge >= 0.3 is 6.03 Å². The number of rotatable bonds is 3. The second-order valence-electron chi connectivity index (χ2n) is 7.21. The van der Waals surface area contributed by atoms with Gasteiger partial charge in [0.2, 0.25) is 11.8 Å². The molecule has 2 aliphatic rings. The number of hydrogen-bond donors (Lipinski definition) is 2. The molecule has 10 heteroatoms. The largest absolute Gasteiger partial charge is 0.353 e. The Labute approximate surface area is 164 Å².